The van der Waals surface area contributed by atoms with Gasteiger partial charge in [0.1, 0.15) is 6.10 Å². The first-order valence-electron chi connectivity index (χ1n) is 13.9. The molecule has 0 spiro atoms. The average Bonchev–Trinajstić information content (AvgIpc) is 3.36. The van der Waals surface area contributed by atoms with Crippen LogP contribution in [0.25, 0.3) is 0 Å². The molecule has 1 aliphatic heterocycles. The molecule has 0 N–H and O–H groups in total. The summed E-state index contributed by atoms with van der Waals surface area (Å²) in [7, 11) is -2.48. The highest BCUT2D eigenvalue weighted by Gasteiger charge is 2.51. The molecule has 4 rings (SSSR count). The van der Waals surface area contributed by atoms with Crippen LogP contribution >= 0.6 is 7.60 Å². The quantitative estimate of drug-likeness (QED) is 0.152. The third-order valence-electron chi connectivity index (χ3n) is 6.65. The van der Waals surface area contributed by atoms with Crippen molar-refractivity contribution in [2.24, 2.45) is 0 Å². The molecular weight excluding hydrogens is 595 g/mol. The van der Waals surface area contributed by atoms with E-state index in [1.807, 2.05) is 0 Å². The van der Waals surface area contributed by atoms with Gasteiger partial charge in [0.15, 0.2) is 18.4 Å². The molecule has 14 heteroatoms. The number of carbonyl (C=O) groups excluding carboxylic acids is 3. The van der Waals surface area contributed by atoms with Crippen molar-refractivity contribution >= 4 is 25.5 Å². The molecular formula is C30H33N2O11P. The fourth-order valence-corrected chi connectivity index (χ4v) is 6.36. The molecule has 0 amide bonds. The zero-order valence-electron chi connectivity index (χ0n) is 24.4. The molecule has 1 aliphatic rings. The van der Waals surface area contributed by atoms with Crippen LogP contribution in [0.1, 0.15) is 57.7 Å². The first-order valence-corrected chi connectivity index (χ1v) is 15.6. The van der Waals surface area contributed by atoms with Crippen LogP contribution in [0.3, 0.4) is 0 Å². The predicted molar refractivity (Wildman–Crippen MR) is 155 cm³/mol. The number of ether oxygens (including phenoxy) is 4. The van der Waals surface area contributed by atoms with Gasteiger partial charge in [-0.3, -0.25) is 13.9 Å². The summed E-state index contributed by atoms with van der Waals surface area (Å²) in [5.74, 6) is -2.52. The van der Waals surface area contributed by atoms with Crippen LogP contribution in [0.2, 0.25) is 0 Å². The minimum absolute atomic E-state index is 0.0381. The Labute approximate surface area is 253 Å². The maximum absolute atomic E-state index is 13.4. The van der Waals surface area contributed by atoms with E-state index in [0.29, 0.717) is 0 Å². The monoisotopic (exact) mass is 628 g/mol. The van der Waals surface area contributed by atoms with Gasteiger partial charge in [0, 0.05) is 12.4 Å². The van der Waals surface area contributed by atoms with E-state index < -0.39 is 61.3 Å². The van der Waals surface area contributed by atoms with Gasteiger partial charge in [-0.2, -0.15) is 0 Å². The molecule has 13 nitrogen and oxygen atoms in total. The number of aromatic nitrogens is 2. The van der Waals surface area contributed by atoms with E-state index in [1.54, 1.807) is 62.4 Å². The van der Waals surface area contributed by atoms with Gasteiger partial charge in [0.2, 0.25) is 5.69 Å². The van der Waals surface area contributed by atoms with Crippen molar-refractivity contribution in [3.63, 3.8) is 0 Å². The smallest absolute Gasteiger partial charge is 0.362 e. The standard InChI is InChI=1S/C30H33N2O11P/c1-4-39-44(37,40-5-2)19-16-22-24(42-28(34)20-12-8-6-9-13-20)25(43-29(35)21-14-10-7-11-15-21)27(41-22)32-18-17-31-23(26(32)33)30(36)38-3/h6-15,17-18,22,24-25,27H,4-5,16,19H2,1-3H3. The first kappa shape index (κ1) is 32.7. The number of methoxy groups -OCH3 is 1. The van der Waals surface area contributed by atoms with Crippen molar-refractivity contribution in [1.82, 2.24) is 9.55 Å². The molecule has 3 aromatic rings. The number of rotatable bonds is 13. The topological polar surface area (TPSA) is 159 Å². The summed E-state index contributed by atoms with van der Waals surface area (Å²) in [4.78, 5) is 56.1. The minimum Gasteiger partial charge on any atom is -0.464 e. The number of hydrogen-bond donors (Lipinski definition) is 0. The summed E-state index contributed by atoms with van der Waals surface area (Å²) in [5, 5.41) is 0. The minimum atomic E-state index is -3.58. The van der Waals surface area contributed by atoms with E-state index in [9.17, 15) is 23.7 Å². The Morgan fingerprint density at radius 2 is 1.41 bits per heavy atom. The van der Waals surface area contributed by atoms with Crippen LogP contribution in [0, 0.1) is 0 Å². The van der Waals surface area contributed by atoms with Crippen LogP contribution in [-0.4, -0.2) is 72.3 Å². The molecule has 0 radical (unpaired) electrons. The van der Waals surface area contributed by atoms with Crippen LogP contribution in [0.5, 0.6) is 0 Å². The Bertz CT molecular complexity index is 1540. The van der Waals surface area contributed by atoms with Crippen LogP contribution in [-0.2, 0) is 32.6 Å². The molecule has 44 heavy (non-hydrogen) atoms. The van der Waals surface area contributed by atoms with Crippen molar-refractivity contribution in [3.8, 4) is 0 Å². The number of nitrogens with zero attached hydrogens (tertiary/aromatic N) is 2. The molecule has 0 bridgehead atoms. The second-order valence-corrected chi connectivity index (χ2v) is 11.7. The average molecular weight is 629 g/mol. The van der Waals surface area contributed by atoms with Gasteiger partial charge >= 0.3 is 25.5 Å². The summed E-state index contributed by atoms with van der Waals surface area (Å²) in [6, 6.07) is 16.2. The van der Waals surface area contributed by atoms with Crippen LogP contribution < -0.4 is 5.56 Å². The Kier molecular flexibility index (Phi) is 11.2. The molecule has 4 atom stereocenters. The Balaban J connectivity index is 1.78. The predicted octanol–water partition coefficient (Wildman–Crippen LogP) is 4.03. The molecule has 1 saturated heterocycles. The van der Waals surface area contributed by atoms with E-state index >= 15 is 0 Å². The van der Waals surface area contributed by atoms with Crippen molar-refractivity contribution < 1.29 is 46.9 Å². The highest BCUT2D eigenvalue weighted by atomic mass is 31.2. The SMILES string of the molecule is CCOP(=O)(CCC1OC(n2ccnc(C(=O)OC)c2=O)C(OC(=O)c2ccccc2)C1OC(=O)c1ccccc1)OCC. The maximum Gasteiger partial charge on any atom is 0.362 e. The van der Waals surface area contributed by atoms with E-state index in [4.69, 9.17) is 23.3 Å². The Morgan fingerprint density at radius 1 is 0.864 bits per heavy atom. The fraction of sp³-hybridized carbons (Fsp3) is 0.367. The second-order valence-electron chi connectivity index (χ2n) is 9.48. The zero-order valence-corrected chi connectivity index (χ0v) is 25.3. The molecule has 1 aromatic heterocycles. The summed E-state index contributed by atoms with van der Waals surface area (Å²) in [5.41, 5.74) is -1.03. The normalized spacial score (nSPS) is 19.7. The fourth-order valence-electron chi connectivity index (χ4n) is 4.67. The van der Waals surface area contributed by atoms with Crippen LogP contribution in [0.4, 0.5) is 0 Å². The van der Waals surface area contributed by atoms with Crippen molar-refractivity contribution in [2.45, 2.75) is 44.8 Å². The van der Waals surface area contributed by atoms with Crippen LogP contribution in [0.15, 0.2) is 77.9 Å². The lowest BCUT2D eigenvalue weighted by molar-refractivity contribution is -0.0523. The molecule has 2 heterocycles. The summed E-state index contributed by atoms with van der Waals surface area (Å²) < 4.78 is 47.9. The molecule has 0 saturated carbocycles. The van der Waals surface area contributed by atoms with Gasteiger partial charge < -0.3 is 28.0 Å². The van der Waals surface area contributed by atoms with Gasteiger partial charge in [0.05, 0.1) is 37.6 Å². The zero-order chi connectivity index (χ0) is 31.7. The van der Waals surface area contributed by atoms with Gasteiger partial charge in [0.25, 0.3) is 5.56 Å². The van der Waals surface area contributed by atoms with Gasteiger partial charge in [-0.25, -0.2) is 19.4 Å². The number of hydrogen-bond acceptors (Lipinski definition) is 12. The molecule has 234 valence electrons. The van der Waals surface area contributed by atoms with E-state index in [2.05, 4.69) is 9.72 Å². The van der Waals surface area contributed by atoms with E-state index in [-0.39, 0.29) is 36.9 Å². The third kappa shape index (κ3) is 7.67. The van der Waals surface area contributed by atoms with Crippen molar-refractivity contribution in [1.29, 1.82) is 0 Å². The largest absolute Gasteiger partial charge is 0.464 e. The first-order chi connectivity index (χ1) is 21.2. The molecule has 2 aromatic carbocycles. The Morgan fingerprint density at radius 3 is 1.93 bits per heavy atom. The maximum atomic E-state index is 13.4. The van der Waals surface area contributed by atoms with Gasteiger partial charge in [-0.05, 0) is 44.5 Å². The van der Waals surface area contributed by atoms with E-state index in [1.165, 1.54) is 24.5 Å². The summed E-state index contributed by atoms with van der Waals surface area (Å²) in [6.45, 7) is 3.59. The molecule has 0 aliphatic carbocycles. The molecule has 4 unspecified atom stereocenters. The van der Waals surface area contributed by atoms with Crippen molar-refractivity contribution in [3.05, 3.63) is 100 Å². The Hall–Kier alpha value is -4.16. The third-order valence-corrected chi connectivity index (χ3v) is 8.76. The highest BCUT2D eigenvalue weighted by molar-refractivity contribution is 7.53. The lowest BCUT2D eigenvalue weighted by Crippen LogP contribution is -2.42. The van der Waals surface area contributed by atoms with Crippen molar-refractivity contribution in [2.75, 3.05) is 26.5 Å². The van der Waals surface area contributed by atoms with E-state index in [0.717, 1.165) is 11.7 Å². The second kappa shape index (κ2) is 15.0. The summed E-state index contributed by atoms with van der Waals surface area (Å²) in [6.07, 6.45) is -2.89. The number of benzene rings is 2. The lowest BCUT2D eigenvalue weighted by atomic mass is 10.1. The number of esters is 3. The lowest BCUT2D eigenvalue weighted by Gasteiger charge is -2.25. The number of carbonyl (C=O) groups is 3. The van der Waals surface area contributed by atoms with Gasteiger partial charge in [-0.15, -0.1) is 0 Å². The highest BCUT2D eigenvalue weighted by Crippen LogP contribution is 2.50. The molecule has 1 fully saturated rings. The summed E-state index contributed by atoms with van der Waals surface area (Å²) >= 11 is 0. The van der Waals surface area contributed by atoms with Gasteiger partial charge in [-0.1, -0.05) is 36.4 Å².